The quantitative estimate of drug-likeness (QED) is 0.406. The number of nitrogens with two attached hydrogens (primary N) is 1. The Bertz CT molecular complexity index is 738. The SMILES string of the molecule is CC1CCC(C2CC(C(O)NC3SC(C)C(C4CCC(F)CC4)C3C(N)=O)C3CCCCC3N2)O1. The van der Waals surface area contributed by atoms with E-state index in [2.05, 4.69) is 24.5 Å². The summed E-state index contributed by atoms with van der Waals surface area (Å²) in [6.07, 6.45) is 9.81. The molecule has 3 aliphatic heterocycles. The van der Waals surface area contributed by atoms with E-state index in [0.717, 1.165) is 44.9 Å². The number of fused-ring (bicyclic) bond motifs is 1. The molecule has 0 aromatic rings. The van der Waals surface area contributed by atoms with Crippen molar-refractivity contribution >= 4 is 17.7 Å². The maximum atomic E-state index is 13.8. The first-order chi connectivity index (χ1) is 16.8. The second kappa shape index (κ2) is 11.1. The van der Waals surface area contributed by atoms with Crippen LogP contribution < -0.4 is 16.4 Å². The number of aliphatic hydroxyl groups is 1. The molecule has 2 saturated carbocycles. The Balaban J connectivity index is 1.29. The van der Waals surface area contributed by atoms with E-state index in [1.807, 2.05) is 0 Å². The van der Waals surface area contributed by atoms with Crippen molar-refractivity contribution in [2.45, 2.75) is 132 Å². The van der Waals surface area contributed by atoms with Crippen LogP contribution in [0, 0.1) is 29.6 Å². The molecule has 2 aliphatic carbocycles. The van der Waals surface area contributed by atoms with Gasteiger partial charge in [0, 0.05) is 23.3 Å². The lowest BCUT2D eigenvalue weighted by Crippen LogP contribution is -2.61. The zero-order valence-corrected chi connectivity index (χ0v) is 22.2. The number of hydrogen-bond acceptors (Lipinski definition) is 6. The van der Waals surface area contributed by atoms with Gasteiger partial charge < -0.3 is 20.9 Å². The predicted molar refractivity (Wildman–Crippen MR) is 137 cm³/mol. The van der Waals surface area contributed by atoms with E-state index in [4.69, 9.17) is 10.5 Å². The van der Waals surface area contributed by atoms with Crippen molar-refractivity contribution in [1.29, 1.82) is 0 Å². The van der Waals surface area contributed by atoms with Crippen LogP contribution in [-0.4, -0.2) is 58.3 Å². The molecule has 0 bridgehead atoms. The standard InChI is InChI=1S/C27H46FN3O3S/c1-14-7-12-22(34-14)21-13-19(18-5-3-4-6-20(18)30-21)26(33)31-27-24(25(29)32)23(15(2)35-27)16-8-10-17(28)11-9-16/h14-24,26-27,30-31,33H,3-13H2,1-2H3,(H2,29,32). The van der Waals surface area contributed by atoms with Crippen LogP contribution in [0.2, 0.25) is 0 Å². The second-order valence-corrected chi connectivity index (χ2v) is 13.7. The molecule has 0 aromatic heterocycles. The van der Waals surface area contributed by atoms with Crippen LogP contribution in [0.25, 0.3) is 0 Å². The lowest BCUT2D eigenvalue weighted by molar-refractivity contribution is -0.124. The largest absolute Gasteiger partial charge is 0.378 e. The minimum Gasteiger partial charge on any atom is -0.378 e. The predicted octanol–water partition coefficient (Wildman–Crippen LogP) is 3.71. The number of alkyl halides is 1. The van der Waals surface area contributed by atoms with Gasteiger partial charge in [0.2, 0.25) is 5.91 Å². The minimum atomic E-state index is -0.707. The van der Waals surface area contributed by atoms with Crippen LogP contribution in [-0.2, 0) is 9.53 Å². The Morgan fingerprint density at radius 1 is 1.09 bits per heavy atom. The average molecular weight is 512 g/mol. The third-order valence-electron chi connectivity index (χ3n) is 10.00. The van der Waals surface area contributed by atoms with Crippen LogP contribution in [0.15, 0.2) is 0 Å². The molecule has 5 rings (SSSR count). The molecule has 3 heterocycles. The summed E-state index contributed by atoms with van der Waals surface area (Å²) in [6.45, 7) is 4.33. The fourth-order valence-corrected chi connectivity index (χ4v) is 9.99. The van der Waals surface area contributed by atoms with Crippen LogP contribution in [0.4, 0.5) is 4.39 Å². The summed E-state index contributed by atoms with van der Waals surface area (Å²) in [5.41, 5.74) is 5.98. The van der Waals surface area contributed by atoms with Gasteiger partial charge in [-0.05, 0) is 82.5 Å². The first-order valence-corrected chi connectivity index (χ1v) is 15.2. The number of aliphatic hydroxyl groups excluding tert-OH is 1. The summed E-state index contributed by atoms with van der Waals surface area (Å²) >= 11 is 1.75. The molecule has 5 N–H and O–H groups in total. The van der Waals surface area contributed by atoms with Gasteiger partial charge in [0.05, 0.1) is 23.5 Å². The van der Waals surface area contributed by atoms with E-state index >= 15 is 0 Å². The van der Waals surface area contributed by atoms with Gasteiger partial charge in [-0.2, -0.15) is 0 Å². The van der Waals surface area contributed by atoms with Gasteiger partial charge >= 0.3 is 0 Å². The number of carbonyl (C=O) groups is 1. The van der Waals surface area contributed by atoms with E-state index in [1.165, 1.54) is 12.8 Å². The molecule has 0 radical (unpaired) electrons. The van der Waals surface area contributed by atoms with Crippen LogP contribution in [0.5, 0.6) is 0 Å². The van der Waals surface area contributed by atoms with Crippen molar-refractivity contribution in [2.75, 3.05) is 0 Å². The smallest absolute Gasteiger partial charge is 0.223 e. The molecular weight excluding hydrogens is 465 g/mol. The first kappa shape index (κ1) is 26.2. The van der Waals surface area contributed by atoms with E-state index in [0.29, 0.717) is 36.8 Å². The number of primary amides is 1. The van der Waals surface area contributed by atoms with Crippen LogP contribution >= 0.6 is 11.8 Å². The Morgan fingerprint density at radius 3 is 2.51 bits per heavy atom. The number of thioether (sulfide) groups is 1. The van der Waals surface area contributed by atoms with Crippen molar-refractivity contribution in [2.24, 2.45) is 35.3 Å². The molecule has 11 atom stereocenters. The van der Waals surface area contributed by atoms with Crippen LogP contribution in [0.3, 0.4) is 0 Å². The van der Waals surface area contributed by atoms with Crippen molar-refractivity contribution in [1.82, 2.24) is 10.6 Å². The van der Waals surface area contributed by atoms with Gasteiger partial charge in [0.15, 0.2) is 0 Å². The number of amides is 1. The zero-order valence-electron chi connectivity index (χ0n) is 21.4. The number of rotatable bonds is 6. The maximum Gasteiger partial charge on any atom is 0.223 e. The summed E-state index contributed by atoms with van der Waals surface area (Å²) < 4.78 is 20.0. The van der Waals surface area contributed by atoms with E-state index in [1.54, 1.807) is 11.8 Å². The molecule has 0 aromatic carbocycles. The molecule has 1 amide bonds. The summed E-state index contributed by atoms with van der Waals surface area (Å²) in [4.78, 5) is 12.7. The Labute approximate surface area is 214 Å². The second-order valence-electron chi connectivity index (χ2n) is 12.2. The van der Waals surface area contributed by atoms with E-state index in [-0.39, 0.29) is 46.4 Å². The van der Waals surface area contributed by atoms with Gasteiger partial charge in [-0.3, -0.25) is 10.1 Å². The monoisotopic (exact) mass is 511 g/mol. The summed E-state index contributed by atoms with van der Waals surface area (Å²) in [6, 6.07) is 0.695. The number of nitrogens with one attached hydrogen (secondary N) is 2. The fraction of sp³-hybridized carbons (Fsp3) is 0.963. The van der Waals surface area contributed by atoms with Crippen molar-refractivity contribution in [3.8, 4) is 0 Å². The highest BCUT2D eigenvalue weighted by Crippen LogP contribution is 2.50. The third kappa shape index (κ3) is 5.57. The summed E-state index contributed by atoms with van der Waals surface area (Å²) in [5, 5.41) is 19.1. The summed E-state index contributed by atoms with van der Waals surface area (Å²) in [5.74, 6) is 0.435. The molecular formula is C27H46FN3O3S. The lowest BCUT2D eigenvalue weighted by atomic mass is 9.69. The zero-order chi connectivity index (χ0) is 24.7. The molecule has 35 heavy (non-hydrogen) atoms. The minimum absolute atomic E-state index is 0.136. The number of ether oxygens (including phenoxy) is 1. The highest BCUT2D eigenvalue weighted by atomic mass is 32.2. The molecule has 3 saturated heterocycles. The Morgan fingerprint density at radius 2 is 1.83 bits per heavy atom. The highest BCUT2D eigenvalue weighted by Gasteiger charge is 2.51. The van der Waals surface area contributed by atoms with Gasteiger partial charge in [0.25, 0.3) is 0 Å². The Hall–Kier alpha value is -0.410. The van der Waals surface area contributed by atoms with Crippen molar-refractivity contribution in [3.05, 3.63) is 0 Å². The molecule has 11 unspecified atom stereocenters. The number of halogens is 1. The molecule has 200 valence electrons. The Kier molecular flexibility index (Phi) is 8.34. The first-order valence-electron chi connectivity index (χ1n) is 14.3. The van der Waals surface area contributed by atoms with Crippen molar-refractivity contribution < 1.29 is 19.0 Å². The summed E-state index contributed by atoms with van der Waals surface area (Å²) in [7, 11) is 0. The average Bonchev–Trinajstić information content (AvgIpc) is 3.41. The maximum absolute atomic E-state index is 13.8. The lowest BCUT2D eigenvalue weighted by Gasteiger charge is -2.48. The van der Waals surface area contributed by atoms with E-state index < -0.39 is 12.4 Å². The van der Waals surface area contributed by atoms with Crippen molar-refractivity contribution in [3.63, 3.8) is 0 Å². The molecule has 0 spiro atoms. The molecule has 8 heteroatoms. The van der Waals surface area contributed by atoms with Gasteiger partial charge in [0.1, 0.15) is 12.4 Å². The third-order valence-corrected chi connectivity index (χ3v) is 11.5. The molecule has 5 aliphatic rings. The highest BCUT2D eigenvalue weighted by molar-refractivity contribution is 8.00. The van der Waals surface area contributed by atoms with Gasteiger partial charge in [-0.25, -0.2) is 4.39 Å². The number of hydrogen-bond donors (Lipinski definition) is 4. The fourth-order valence-electron chi connectivity index (χ4n) is 8.26. The molecule has 6 nitrogen and oxygen atoms in total. The molecule has 5 fully saturated rings. The number of carbonyl (C=O) groups excluding carboxylic acids is 1. The van der Waals surface area contributed by atoms with Gasteiger partial charge in [-0.15, -0.1) is 11.8 Å². The van der Waals surface area contributed by atoms with E-state index in [9.17, 15) is 14.3 Å². The number of piperidine rings is 1. The normalized spacial score (nSPS) is 49.5. The van der Waals surface area contributed by atoms with Gasteiger partial charge in [-0.1, -0.05) is 19.8 Å². The van der Waals surface area contributed by atoms with Crippen LogP contribution in [0.1, 0.15) is 84.5 Å². The topological polar surface area (TPSA) is 96.6 Å².